The summed E-state index contributed by atoms with van der Waals surface area (Å²) in [6.07, 6.45) is 2.30. The Hall–Kier alpha value is -1.89. The first-order valence-corrected chi connectivity index (χ1v) is 8.82. The summed E-state index contributed by atoms with van der Waals surface area (Å²) in [6, 6.07) is 3.60. The number of benzene rings is 1. The number of halogens is 2. The molecule has 25 heavy (non-hydrogen) atoms. The van der Waals surface area contributed by atoms with E-state index in [1.807, 2.05) is 4.90 Å². The molecule has 2 fully saturated rings. The molecule has 1 aromatic rings. The number of carboxylic acid groups (broad SMARTS) is 1. The van der Waals surface area contributed by atoms with Crippen molar-refractivity contribution in [3.05, 3.63) is 29.8 Å². The highest BCUT2D eigenvalue weighted by atomic mass is 19.1. The molecule has 0 aliphatic carbocycles. The third-order valence-corrected chi connectivity index (χ3v) is 5.10. The molecule has 2 aliphatic heterocycles. The number of piperidine rings is 1. The third-order valence-electron chi connectivity index (χ3n) is 5.10. The van der Waals surface area contributed by atoms with E-state index < -0.39 is 17.7 Å². The number of hydrogen-bond acceptors (Lipinski definition) is 3. The van der Waals surface area contributed by atoms with Crippen LogP contribution in [0.3, 0.4) is 0 Å². The van der Waals surface area contributed by atoms with Crippen molar-refractivity contribution in [3.8, 4) is 0 Å². The van der Waals surface area contributed by atoms with Gasteiger partial charge in [0.2, 0.25) is 0 Å². The molecule has 2 heterocycles. The van der Waals surface area contributed by atoms with Gasteiger partial charge in [0.15, 0.2) is 0 Å². The Morgan fingerprint density at radius 2 is 2.04 bits per heavy atom. The van der Waals surface area contributed by atoms with Gasteiger partial charge in [0, 0.05) is 45.0 Å². The van der Waals surface area contributed by atoms with Crippen molar-refractivity contribution >= 4 is 11.8 Å². The number of carbonyl (C=O) groups is 1. The Bertz CT molecular complexity index is 608. The van der Waals surface area contributed by atoms with Crippen LogP contribution in [0.1, 0.15) is 25.7 Å². The first-order valence-electron chi connectivity index (χ1n) is 8.82. The molecule has 0 spiro atoms. The van der Waals surface area contributed by atoms with Crippen LogP contribution in [0.5, 0.6) is 0 Å². The molecule has 1 aromatic carbocycles. The molecule has 0 saturated carbocycles. The number of amides is 1. The smallest absolute Gasteiger partial charge is 0.407 e. The normalized spacial score (nSPS) is 22.0. The molecule has 1 amide bonds. The maximum absolute atomic E-state index is 14.0. The second-order valence-corrected chi connectivity index (χ2v) is 6.83. The lowest BCUT2D eigenvalue weighted by Crippen LogP contribution is -2.48. The first kappa shape index (κ1) is 17.9. The highest BCUT2D eigenvalue weighted by molar-refractivity contribution is 5.65. The van der Waals surface area contributed by atoms with Crippen LogP contribution in [0.15, 0.2) is 18.2 Å². The number of anilines is 1. The fraction of sp³-hybridized carbons (Fsp3) is 0.611. The number of ether oxygens (including phenoxy) is 1. The van der Waals surface area contributed by atoms with Gasteiger partial charge in [-0.15, -0.1) is 0 Å². The molecule has 2 saturated heterocycles. The predicted molar refractivity (Wildman–Crippen MR) is 89.9 cm³/mol. The van der Waals surface area contributed by atoms with E-state index in [0.717, 1.165) is 31.7 Å². The van der Waals surface area contributed by atoms with E-state index in [-0.39, 0.29) is 12.0 Å². The SMILES string of the molecule is O=C(O)N(CC1CCCN(c2ccc(F)cc2F)C1)C1CCOCC1. The van der Waals surface area contributed by atoms with E-state index >= 15 is 0 Å². The van der Waals surface area contributed by atoms with Crippen LogP contribution >= 0.6 is 0 Å². The standard InChI is InChI=1S/C18H24F2N2O3/c19-14-3-4-17(16(20)10-14)21-7-1-2-13(11-21)12-22(18(23)24)15-5-8-25-9-6-15/h3-4,10,13,15H,1-2,5-9,11-12H2,(H,23,24). The van der Waals surface area contributed by atoms with Crippen molar-refractivity contribution in [1.29, 1.82) is 0 Å². The minimum absolute atomic E-state index is 0.0100. The molecule has 0 aromatic heterocycles. The summed E-state index contributed by atoms with van der Waals surface area (Å²) < 4.78 is 32.5. The minimum atomic E-state index is -0.906. The topological polar surface area (TPSA) is 53.0 Å². The van der Waals surface area contributed by atoms with E-state index in [4.69, 9.17) is 4.74 Å². The first-order chi connectivity index (χ1) is 12.0. The molecule has 138 valence electrons. The summed E-state index contributed by atoms with van der Waals surface area (Å²) in [6.45, 7) is 2.90. The second-order valence-electron chi connectivity index (χ2n) is 6.83. The van der Waals surface area contributed by atoms with Crippen LogP contribution < -0.4 is 4.90 Å². The Morgan fingerprint density at radius 1 is 1.28 bits per heavy atom. The van der Waals surface area contributed by atoms with Gasteiger partial charge in [0.05, 0.1) is 5.69 Å². The molecule has 3 rings (SSSR count). The monoisotopic (exact) mass is 354 g/mol. The lowest BCUT2D eigenvalue weighted by Gasteiger charge is -2.39. The Morgan fingerprint density at radius 3 is 2.72 bits per heavy atom. The summed E-state index contributed by atoms with van der Waals surface area (Å²) in [5, 5.41) is 9.58. The van der Waals surface area contributed by atoms with Crippen molar-refractivity contribution in [2.75, 3.05) is 37.7 Å². The highest BCUT2D eigenvalue weighted by Gasteiger charge is 2.30. The molecule has 7 heteroatoms. The van der Waals surface area contributed by atoms with E-state index in [1.54, 1.807) is 0 Å². The van der Waals surface area contributed by atoms with Crippen LogP contribution in [0, 0.1) is 17.6 Å². The van der Waals surface area contributed by atoms with Gasteiger partial charge >= 0.3 is 6.09 Å². The van der Waals surface area contributed by atoms with Crippen molar-refractivity contribution in [2.45, 2.75) is 31.7 Å². The second kappa shape index (κ2) is 7.99. The lowest BCUT2D eigenvalue weighted by atomic mass is 9.95. The number of hydrogen-bond donors (Lipinski definition) is 1. The van der Waals surface area contributed by atoms with E-state index in [1.165, 1.54) is 17.0 Å². The molecule has 2 aliphatic rings. The molecule has 0 radical (unpaired) electrons. The Kier molecular flexibility index (Phi) is 5.73. The zero-order valence-corrected chi connectivity index (χ0v) is 14.2. The summed E-state index contributed by atoms with van der Waals surface area (Å²) >= 11 is 0. The molecule has 0 bridgehead atoms. The van der Waals surface area contributed by atoms with Gasteiger partial charge in [-0.05, 0) is 43.7 Å². The van der Waals surface area contributed by atoms with Gasteiger partial charge in [0.25, 0.3) is 0 Å². The fourth-order valence-electron chi connectivity index (χ4n) is 3.83. The van der Waals surface area contributed by atoms with Gasteiger partial charge < -0.3 is 19.6 Å². The Labute approximate surface area is 146 Å². The summed E-state index contributed by atoms with van der Waals surface area (Å²) in [5.41, 5.74) is 0.388. The van der Waals surface area contributed by atoms with E-state index in [9.17, 15) is 18.7 Å². The van der Waals surface area contributed by atoms with Gasteiger partial charge in [0.1, 0.15) is 11.6 Å². The highest BCUT2D eigenvalue weighted by Crippen LogP contribution is 2.27. The summed E-state index contributed by atoms with van der Waals surface area (Å²) in [5.74, 6) is -1.02. The average Bonchev–Trinajstić information content (AvgIpc) is 2.60. The van der Waals surface area contributed by atoms with Crippen LogP contribution in [0.25, 0.3) is 0 Å². The van der Waals surface area contributed by atoms with E-state index in [2.05, 4.69) is 0 Å². The van der Waals surface area contributed by atoms with Gasteiger partial charge in [-0.3, -0.25) is 0 Å². The van der Waals surface area contributed by atoms with Crippen molar-refractivity contribution in [1.82, 2.24) is 4.90 Å². The van der Waals surface area contributed by atoms with Crippen LogP contribution in [-0.2, 0) is 4.74 Å². The van der Waals surface area contributed by atoms with Gasteiger partial charge in [-0.25, -0.2) is 13.6 Å². The Balaban J connectivity index is 1.66. The van der Waals surface area contributed by atoms with Crippen LogP contribution in [0.4, 0.5) is 19.3 Å². The maximum Gasteiger partial charge on any atom is 0.407 e. The van der Waals surface area contributed by atoms with Crippen molar-refractivity contribution in [3.63, 3.8) is 0 Å². The lowest BCUT2D eigenvalue weighted by molar-refractivity contribution is 0.0300. The molecule has 5 nitrogen and oxygen atoms in total. The molecular formula is C18H24F2N2O3. The van der Waals surface area contributed by atoms with Gasteiger partial charge in [-0.1, -0.05) is 0 Å². The zero-order chi connectivity index (χ0) is 17.8. The minimum Gasteiger partial charge on any atom is -0.465 e. The average molecular weight is 354 g/mol. The molecule has 1 N–H and O–H groups in total. The molecular weight excluding hydrogens is 330 g/mol. The van der Waals surface area contributed by atoms with Crippen molar-refractivity contribution < 1.29 is 23.4 Å². The molecule has 1 atom stereocenters. The largest absolute Gasteiger partial charge is 0.465 e. The third kappa shape index (κ3) is 4.39. The molecule has 1 unspecified atom stereocenters. The maximum atomic E-state index is 14.0. The van der Waals surface area contributed by atoms with E-state index in [0.29, 0.717) is 38.5 Å². The summed E-state index contributed by atoms with van der Waals surface area (Å²) in [7, 11) is 0. The quantitative estimate of drug-likeness (QED) is 0.901. The predicted octanol–water partition coefficient (Wildman–Crippen LogP) is 3.34. The van der Waals surface area contributed by atoms with Crippen molar-refractivity contribution in [2.24, 2.45) is 5.92 Å². The fourth-order valence-corrected chi connectivity index (χ4v) is 3.83. The number of nitrogens with zero attached hydrogens (tertiary/aromatic N) is 2. The van der Waals surface area contributed by atoms with Crippen LogP contribution in [0.2, 0.25) is 0 Å². The summed E-state index contributed by atoms with van der Waals surface area (Å²) in [4.78, 5) is 15.1. The van der Waals surface area contributed by atoms with Gasteiger partial charge in [-0.2, -0.15) is 0 Å². The number of rotatable bonds is 4. The zero-order valence-electron chi connectivity index (χ0n) is 14.2. The van der Waals surface area contributed by atoms with Crippen LogP contribution in [-0.4, -0.2) is 55.0 Å².